The molecule has 0 bridgehead atoms. The van der Waals surface area contributed by atoms with Crippen LogP contribution in [0.15, 0.2) is 28.7 Å². The molecule has 1 heterocycles. The highest BCUT2D eigenvalue weighted by Gasteiger charge is 2.21. The van der Waals surface area contributed by atoms with E-state index in [1.54, 1.807) is 0 Å². The number of carbonyl (C=O) groups is 1. The predicted octanol–water partition coefficient (Wildman–Crippen LogP) is 2.23. The molecule has 0 aromatic heterocycles. The Morgan fingerprint density at radius 3 is 2.55 bits per heavy atom. The van der Waals surface area contributed by atoms with Gasteiger partial charge in [0.05, 0.1) is 5.69 Å². The normalized spacial score (nSPS) is 15.3. The SMILES string of the molecule is CN(C)CCCNC(=O)N1CCN(c2ccccc2Br)CC1. The number of nitrogens with zero attached hydrogens (tertiary/aromatic N) is 3. The van der Waals surface area contributed by atoms with Crippen LogP contribution in [0.2, 0.25) is 0 Å². The van der Waals surface area contributed by atoms with Crippen molar-refractivity contribution in [3.63, 3.8) is 0 Å². The molecule has 0 radical (unpaired) electrons. The second-order valence-corrected chi connectivity index (χ2v) is 6.67. The second kappa shape index (κ2) is 8.39. The van der Waals surface area contributed by atoms with Gasteiger partial charge in [-0.05, 0) is 55.1 Å². The van der Waals surface area contributed by atoms with E-state index < -0.39 is 0 Å². The van der Waals surface area contributed by atoms with Crippen molar-refractivity contribution in [2.24, 2.45) is 0 Å². The van der Waals surface area contributed by atoms with Crippen LogP contribution in [0.1, 0.15) is 6.42 Å². The molecule has 2 rings (SSSR count). The first-order valence-corrected chi connectivity index (χ1v) is 8.54. The average molecular weight is 369 g/mol. The van der Waals surface area contributed by atoms with Gasteiger partial charge in [-0.3, -0.25) is 0 Å². The molecule has 0 spiro atoms. The Bertz CT molecular complexity index is 487. The summed E-state index contributed by atoms with van der Waals surface area (Å²) in [5.41, 5.74) is 1.20. The summed E-state index contributed by atoms with van der Waals surface area (Å²) in [5.74, 6) is 0. The minimum absolute atomic E-state index is 0.0607. The van der Waals surface area contributed by atoms with Gasteiger partial charge in [0.1, 0.15) is 0 Å². The van der Waals surface area contributed by atoms with Gasteiger partial charge in [-0.25, -0.2) is 4.79 Å². The number of urea groups is 1. The molecular formula is C16H25BrN4O. The van der Waals surface area contributed by atoms with E-state index in [0.29, 0.717) is 0 Å². The highest BCUT2D eigenvalue weighted by Crippen LogP contribution is 2.26. The van der Waals surface area contributed by atoms with Gasteiger partial charge in [-0.1, -0.05) is 12.1 Å². The molecule has 5 nitrogen and oxygen atoms in total. The van der Waals surface area contributed by atoms with E-state index in [4.69, 9.17) is 0 Å². The summed E-state index contributed by atoms with van der Waals surface area (Å²) in [6.45, 7) is 5.00. The maximum absolute atomic E-state index is 12.1. The van der Waals surface area contributed by atoms with E-state index in [-0.39, 0.29) is 6.03 Å². The van der Waals surface area contributed by atoms with Crippen LogP contribution in [-0.4, -0.2) is 69.2 Å². The number of anilines is 1. The Kier molecular flexibility index (Phi) is 6.51. The standard InChI is InChI=1S/C16H25BrN4O/c1-19(2)9-5-8-18-16(22)21-12-10-20(11-13-21)15-7-4-3-6-14(15)17/h3-4,6-7H,5,8-13H2,1-2H3,(H,18,22). The van der Waals surface area contributed by atoms with Crippen LogP contribution in [0.25, 0.3) is 0 Å². The number of hydrogen-bond acceptors (Lipinski definition) is 3. The number of benzene rings is 1. The zero-order valence-electron chi connectivity index (χ0n) is 13.4. The topological polar surface area (TPSA) is 38.8 Å². The quantitative estimate of drug-likeness (QED) is 0.810. The summed E-state index contributed by atoms with van der Waals surface area (Å²) in [7, 11) is 4.09. The lowest BCUT2D eigenvalue weighted by Crippen LogP contribution is -2.52. The molecule has 1 aliphatic heterocycles. The van der Waals surface area contributed by atoms with Gasteiger partial charge in [-0.2, -0.15) is 0 Å². The molecule has 1 aromatic carbocycles. The number of hydrogen-bond donors (Lipinski definition) is 1. The molecule has 0 unspecified atom stereocenters. The Hall–Kier alpha value is -1.27. The van der Waals surface area contributed by atoms with E-state index in [9.17, 15) is 4.79 Å². The Morgan fingerprint density at radius 1 is 1.23 bits per heavy atom. The summed E-state index contributed by atoms with van der Waals surface area (Å²) >= 11 is 3.59. The van der Waals surface area contributed by atoms with Crippen LogP contribution in [0.5, 0.6) is 0 Å². The molecule has 6 heteroatoms. The Morgan fingerprint density at radius 2 is 1.91 bits per heavy atom. The maximum atomic E-state index is 12.1. The van der Waals surface area contributed by atoms with E-state index >= 15 is 0 Å². The molecule has 1 aromatic rings. The number of piperazine rings is 1. The molecule has 1 N–H and O–H groups in total. The van der Waals surface area contributed by atoms with Gasteiger partial charge in [0, 0.05) is 37.2 Å². The van der Waals surface area contributed by atoms with Crippen LogP contribution in [0.4, 0.5) is 10.5 Å². The lowest BCUT2D eigenvalue weighted by atomic mass is 10.2. The number of carbonyl (C=O) groups excluding carboxylic acids is 1. The first-order chi connectivity index (χ1) is 10.6. The van der Waals surface area contributed by atoms with Crippen molar-refractivity contribution in [2.45, 2.75) is 6.42 Å². The van der Waals surface area contributed by atoms with Crippen LogP contribution in [0.3, 0.4) is 0 Å². The largest absolute Gasteiger partial charge is 0.367 e. The monoisotopic (exact) mass is 368 g/mol. The van der Waals surface area contributed by atoms with Gasteiger partial charge in [0.25, 0.3) is 0 Å². The Labute approximate surface area is 141 Å². The second-order valence-electron chi connectivity index (χ2n) is 5.81. The molecule has 0 saturated carbocycles. The zero-order chi connectivity index (χ0) is 15.9. The molecule has 22 heavy (non-hydrogen) atoms. The summed E-state index contributed by atoms with van der Waals surface area (Å²) in [4.78, 5) is 18.5. The third-order valence-corrected chi connectivity index (χ3v) is 4.49. The van der Waals surface area contributed by atoms with Crippen LogP contribution >= 0.6 is 15.9 Å². The van der Waals surface area contributed by atoms with Crippen molar-refractivity contribution < 1.29 is 4.79 Å². The number of rotatable bonds is 5. The van der Waals surface area contributed by atoms with Gasteiger partial charge in [-0.15, -0.1) is 0 Å². The molecule has 1 saturated heterocycles. The molecule has 2 amide bonds. The zero-order valence-corrected chi connectivity index (χ0v) is 15.0. The van der Waals surface area contributed by atoms with E-state index in [1.807, 2.05) is 31.1 Å². The summed E-state index contributed by atoms with van der Waals surface area (Å²) < 4.78 is 1.11. The van der Waals surface area contributed by atoms with E-state index in [1.165, 1.54) is 5.69 Å². The fourth-order valence-electron chi connectivity index (χ4n) is 2.56. The molecule has 122 valence electrons. The number of nitrogens with one attached hydrogen (secondary N) is 1. The van der Waals surface area contributed by atoms with Gasteiger partial charge in [0.15, 0.2) is 0 Å². The van der Waals surface area contributed by atoms with Crippen LogP contribution in [-0.2, 0) is 0 Å². The minimum atomic E-state index is 0.0607. The first kappa shape index (κ1) is 17.1. The minimum Gasteiger partial charge on any atom is -0.367 e. The van der Waals surface area contributed by atoms with E-state index in [0.717, 1.165) is 50.2 Å². The summed E-state index contributed by atoms with van der Waals surface area (Å²) in [6, 6.07) is 8.29. The maximum Gasteiger partial charge on any atom is 0.317 e. The Balaban J connectivity index is 1.75. The van der Waals surface area contributed by atoms with Crippen molar-refractivity contribution in [1.82, 2.24) is 15.1 Å². The summed E-state index contributed by atoms with van der Waals surface area (Å²) in [5, 5.41) is 3.01. The van der Waals surface area contributed by atoms with Crippen molar-refractivity contribution in [1.29, 1.82) is 0 Å². The van der Waals surface area contributed by atoms with Gasteiger partial charge >= 0.3 is 6.03 Å². The molecule has 0 aliphatic carbocycles. The number of halogens is 1. The highest BCUT2D eigenvalue weighted by atomic mass is 79.9. The van der Waals surface area contributed by atoms with Crippen molar-refractivity contribution in [3.05, 3.63) is 28.7 Å². The molecule has 1 aliphatic rings. The lowest BCUT2D eigenvalue weighted by Gasteiger charge is -2.36. The van der Waals surface area contributed by atoms with Crippen LogP contribution < -0.4 is 10.2 Å². The number of amides is 2. The molecule has 0 atom stereocenters. The third kappa shape index (κ3) is 4.88. The van der Waals surface area contributed by atoms with Crippen LogP contribution in [0, 0.1) is 0 Å². The fourth-order valence-corrected chi connectivity index (χ4v) is 3.10. The smallest absolute Gasteiger partial charge is 0.317 e. The first-order valence-electron chi connectivity index (χ1n) is 7.75. The summed E-state index contributed by atoms with van der Waals surface area (Å²) in [6.07, 6.45) is 0.982. The molecule has 1 fully saturated rings. The van der Waals surface area contributed by atoms with Gasteiger partial charge in [0.2, 0.25) is 0 Å². The third-order valence-electron chi connectivity index (χ3n) is 3.82. The average Bonchev–Trinajstić information content (AvgIpc) is 2.52. The van der Waals surface area contributed by atoms with Crippen molar-refractivity contribution in [2.75, 3.05) is 58.3 Å². The predicted molar refractivity (Wildman–Crippen MR) is 94.5 cm³/mol. The molecular weight excluding hydrogens is 344 g/mol. The van der Waals surface area contributed by atoms with Crippen molar-refractivity contribution in [3.8, 4) is 0 Å². The number of para-hydroxylation sites is 1. The lowest BCUT2D eigenvalue weighted by molar-refractivity contribution is 0.194. The highest BCUT2D eigenvalue weighted by molar-refractivity contribution is 9.10. The van der Waals surface area contributed by atoms with Crippen molar-refractivity contribution >= 4 is 27.6 Å². The fraction of sp³-hybridized carbons (Fsp3) is 0.562. The van der Waals surface area contributed by atoms with E-state index in [2.05, 4.69) is 43.2 Å². The van der Waals surface area contributed by atoms with Gasteiger partial charge < -0.3 is 20.0 Å².